The molecule has 0 radical (unpaired) electrons. The fourth-order valence-corrected chi connectivity index (χ4v) is 4.02. The molecule has 0 saturated heterocycles. The molecule has 100 valence electrons. The molecule has 3 aromatic heterocycles. The van der Waals surface area contributed by atoms with Crippen molar-refractivity contribution < 1.29 is 0 Å². The van der Waals surface area contributed by atoms with Crippen LogP contribution in [0.3, 0.4) is 0 Å². The molecule has 8 heteroatoms. The summed E-state index contributed by atoms with van der Waals surface area (Å²) in [6.07, 6.45) is 1.88. The van der Waals surface area contributed by atoms with Crippen molar-refractivity contribution in [3.8, 4) is 16.6 Å². The molecule has 0 aliphatic heterocycles. The Bertz CT molecular complexity index is 832. The Morgan fingerprint density at radius 2 is 2.35 bits per heavy atom. The lowest BCUT2D eigenvalue weighted by Gasteiger charge is -2.05. The van der Waals surface area contributed by atoms with Gasteiger partial charge in [-0.2, -0.15) is 14.9 Å². The number of nitrogen functional groups attached to an aromatic ring is 1. The lowest BCUT2D eigenvalue weighted by Crippen LogP contribution is -2.05. The summed E-state index contributed by atoms with van der Waals surface area (Å²) in [6.45, 7) is 0. The first-order chi connectivity index (χ1) is 9.67. The van der Waals surface area contributed by atoms with Gasteiger partial charge in [0.25, 0.3) is 0 Å². The number of nitrogens with two attached hydrogens (primary N) is 1. The van der Waals surface area contributed by atoms with Crippen LogP contribution in [0.25, 0.3) is 16.2 Å². The van der Waals surface area contributed by atoms with Crippen molar-refractivity contribution in [3.05, 3.63) is 26.6 Å². The maximum Gasteiger partial charge on any atom is 0.172 e. The summed E-state index contributed by atoms with van der Waals surface area (Å²) in [5.74, 6) is 0.336. The van der Waals surface area contributed by atoms with Crippen LogP contribution in [-0.2, 0) is 0 Å². The van der Waals surface area contributed by atoms with Gasteiger partial charge in [-0.05, 0) is 40.3 Å². The van der Waals surface area contributed by atoms with E-state index in [0.717, 1.165) is 14.1 Å². The molecule has 5 nitrogen and oxygen atoms in total. The molecule has 3 rings (SSSR count). The van der Waals surface area contributed by atoms with E-state index in [1.807, 2.05) is 23.8 Å². The minimum absolute atomic E-state index is 0.336. The van der Waals surface area contributed by atoms with E-state index in [1.54, 1.807) is 15.9 Å². The topological polar surface area (TPSA) is 80.0 Å². The number of rotatable bonds is 2. The normalized spacial score (nSPS) is 10.8. The molecule has 0 atom stereocenters. The Balaban J connectivity index is 2.38. The zero-order valence-electron chi connectivity index (χ0n) is 10.3. The molecule has 0 spiro atoms. The molecule has 0 aromatic carbocycles. The molecule has 0 amide bonds. The van der Waals surface area contributed by atoms with Crippen LogP contribution in [-0.4, -0.2) is 20.9 Å². The Hall–Kier alpha value is -1.31. The van der Waals surface area contributed by atoms with Gasteiger partial charge in [0.2, 0.25) is 0 Å². The van der Waals surface area contributed by atoms with Crippen LogP contribution in [0, 0.1) is 14.9 Å². The second-order valence-corrected chi connectivity index (χ2v) is 6.69. The van der Waals surface area contributed by atoms with Crippen LogP contribution >= 0.6 is 45.7 Å². The number of hydrogen-bond acceptors (Lipinski definition) is 6. The third-order valence-electron chi connectivity index (χ3n) is 2.77. The van der Waals surface area contributed by atoms with E-state index in [0.29, 0.717) is 22.1 Å². The predicted octanol–water partition coefficient (Wildman–Crippen LogP) is 3.24. The van der Waals surface area contributed by atoms with Crippen molar-refractivity contribution in [1.29, 1.82) is 5.26 Å². The summed E-state index contributed by atoms with van der Waals surface area (Å²) in [6, 6.07) is 6.08. The molecule has 0 unspecified atom stereocenters. The number of anilines is 1. The highest BCUT2D eigenvalue weighted by Gasteiger charge is 2.20. The summed E-state index contributed by atoms with van der Waals surface area (Å²) < 4.78 is 2.49. The van der Waals surface area contributed by atoms with Gasteiger partial charge in [0.15, 0.2) is 5.65 Å². The zero-order valence-corrected chi connectivity index (χ0v) is 14.1. The van der Waals surface area contributed by atoms with E-state index < -0.39 is 0 Å². The van der Waals surface area contributed by atoms with Gasteiger partial charge < -0.3 is 5.73 Å². The monoisotopic (exact) mass is 413 g/mol. The first-order valence-corrected chi connectivity index (χ1v) is 8.71. The fourth-order valence-electron chi connectivity index (χ4n) is 1.85. The van der Waals surface area contributed by atoms with Gasteiger partial charge in [0.1, 0.15) is 28.2 Å². The van der Waals surface area contributed by atoms with E-state index >= 15 is 0 Å². The highest BCUT2D eigenvalue weighted by Crippen LogP contribution is 2.33. The molecular weight excluding hydrogens is 405 g/mol. The maximum atomic E-state index is 9.23. The molecule has 3 aromatic rings. The maximum absolute atomic E-state index is 9.23. The summed E-state index contributed by atoms with van der Waals surface area (Å²) >= 11 is 5.24. The van der Waals surface area contributed by atoms with Crippen molar-refractivity contribution >= 4 is 57.2 Å². The summed E-state index contributed by atoms with van der Waals surface area (Å²) in [4.78, 5) is 5.57. The lowest BCUT2D eigenvalue weighted by atomic mass is 10.3. The van der Waals surface area contributed by atoms with Gasteiger partial charge in [-0.25, -0.2) is 4.98 Å². The minimum Gasteiger partial charge on any atom is -0.382 e. The average molecular weight is 413 g/mol. The minimum atomic E-state index is 0.336. The Morgan fingerprint density at radius 1 is 1.55 bits per heavy atom. The number of fused-ring (bicyclic) bond motifs is 1. The summed E-state index contributed by atoms with van der Waals surface area (Å²) in [7, 11) is 0. The molecule has 0 bridgehead atoms. The molecule has 0 aliphatic carbocycles. The van der Waals surface area contributed by atoms with E-state index in [-0.39, 0.29) is 0 Å². The predicted molar refractivity (Wildman–Crippen MR) is 89.9 cm³/mol. The van der Waals surface area contributed by atoms with Crippen molar-refractivity contribution in [1.82, 2.24) is 14.6 Å². The summed E-state index contributed by atoms with van der Waals surface area (Å²) in [5, 5.41) is 16.4. The Morgan fingerprint density at radius 3 is 2.95 bits per heavy atom. The molecular formula is C12H8IN5S2. The van der Waals surface area contributed by atoms with Crippen LogP contribution in [0.4, 0.5) is 5.82 Å². The average Bonchev–Trinajstić information content (AvgIpc) is 3.07. The van der Waals surface area contributed by atoms with Gasteiger partial charge in [-0.1, -0.05) is 6.07 Å². The van der Waals surface area contributed by atoms with Gasteiger partial charge in [-0.3, -0.25) is 0 Å². The molecule has 0 saturated carbocycles. The zero-order chi connectivity index (χ0) is 14.3. The van der Waals surface area contributed by atoms with E-state index in [9.17, 15) is 5.26 Å². The van der Waals surface area contributed by atoms with Crippen molar-refractivity contribution in [3.63, 3.8) is 0 Å². The number of aromatic nitrogens is 3. The van der Waals surface area contributed by atoms with E-state index in [1.165, 1.54) is 11.8 Å². The number of thiophene rings is 1. The van der Waals surface area contributed by atoms with Gasteiger partial charge in [0, 0.05) is 0 Å². The first-order valence-electron chi connectivity index (χ1n) is 5.53. The first kappa shape index (κ1) is 13.7. The number of thioether (sulfide) groups is 1. The standard InChI is InChI=1S/C12H8IN5S2/c1-19-12-6(5-14)10(15)18-11(16-12)8(13)9(17-18)7-3-2-4-20-7/h2-4H,15H2,1H3. The van der Waals surface area contributed by atoms with Crippen molar-refractivity contribution in [2.75, 3.05) is 12.0 Å². The Kier molecular flexibility index (Phi) is 3.57. The molecule has 0 aliphatic rings. The second kappa shape index (κ2) is 5.23. The SMILES string of the molecule is CSc1nc2c(I)c(-c3cccs3)nn2c(N)c1C#N. The molecule has 0 fully saturated rings. The molecule has 3 heterocycles. The van der Waals surface area contributed by atoms with E-state index in [2.05, 4.69) is 38.7 Å². The largest absolute Gasteiger partial charge is 0.382 e. The highest BCUT2D eigenvalue weighted by atomic mass is 127. The fraction of sp³-hybridized carbons (Fsp3) is 0.0833. The lowest BCUT2D eigenvalue weighted by molar-refractivity contribution is 0.925. The Labute approximate surface area is 137 Å². The van der Waals surface area contributed by atoms with Crippen molar-refractivity contribution in [2.24, 2.45) is 0 Å². The van der Waals surface area contributed by atoms with Crippen molar-refractivity contribution in [2.45, 2.75) is 5.03 Å². The van der Waals surface area contributed by atoms with Crippen LogP contribution in [0.2, 0.25) is 0 Å². The van der Waals surface area contributed by atoms with E-state index in [4.69, 9.17) is 5.73 Å². The third-order valence-corrected chi connectivity index (χ3v) is 5.32. The highest BCUT2D eigenvalue weighted by molar-refractivity contribution is 14.1. The number of nitrogens with zero attached hydrogens (tertiary/aromatic N) is 4. The molecule has 2 N–H and O–H groups in total. The van der Waals surface area contributed by atoms with Crippen LogP contribution in [0.1, 0.15) is 5.56 Å². The van der Waals surface area contributed by atoms with Gasteiger partial charge in [-0.15, -0.1) is 23.1 Å². The van der Waals surface area contributed by atoms with Crippen LogP contribution < -0.4 is 5.73 Å². The summed E-state index contributed by atoms with van der Waals surface area (Å²) in [5.41, 5.74) is 7.98. The number of halogens is 1. The van der Waals surface area contributed by atoms with Gasteiger partial charge >= 0.3 is 0 Å². The number of hydrogen-bond donors (Lipinski definition) is 1. The quantitative estimate of drug-likeness (QED) is 0.397. The van der Waals surface area contributed by atoms with Crippen LogP contribution in [0.5, 0.6) is 0 Å². The molecule has 20 heavy (non-hydrogen) atoms. The smallest absolute Gasteiger partial charge is 0.172 e. The van der Waals surface area contributed by atoms with Crippen LogP contribution in [0.15, 0.2) is 22.5 Å². The second-order valence-electron chi connectivity index (χ2n) is 3.87. The van der Waals surface area contributed by atoms with Gasteiger partial charge in [0.05, 0.1) is 8.45 Å². The number of nitriles is 1. The third kappa shape index (κ3) is 1.97.